The maximum absolute atomic E-state index is 13.3. The van der Waals surface area contributed by atoms with Gasteiger partial charge in [-0.3, -0.25) is 4.79 Å². The normalized spacial score (nSPS) is 14.3. The molecule has 0 spiro atoms. The number of rotatable bonds is 3. The smallest absolute Gasteiger partial charge is 0.254 e. The SMILES string of the molecule is CNS(=O)(=O)c1ccc2c(c1)CN(C(=O)c1cccc(F)c1)CC2. The molecule has 1 amide bonds. The number of halogens is 1. The Morgan fingerprint density at radius 2 is 1.96 bits per heavy atom. The molecular weight excluding hydrogens is 331 g/mol. The monoisotopic (exact) mass is 348 g/mol. The number of hydrogen-bond donors (Lipinski definition) is 1. The zero-order valence-electron chi connectivity index (χ0n) is 13.1. The van der Waals surface area contributed by atoms with Crippen LogP contribution in [0.4, 0.5) is 4.39 Å². The van der Waals surface area contributed by atoms with Crippen LogP contribution in [0.1, 0.15) is 21.5 Å². The average Bonchev–Trinajstić information content (AvgIpc) is 2.60. The highest BCUT2D eigenvalue weighted by atomic mass is 32.2. The molecule has 126 valence electrons. The summed E-state index contributed by atoms with van der Waals surface area (Å²) in [6.07, 6.45) is 0.635. The summed E-state index contributed by atoms with van der Waals surface area (Å²) in [7, 11) is -2.17. The van der Waals surface area contributed by atoms with Crippen LogP contribution < -0.4 is 4.72 Å². The lowest BCUT2D eigenvalue weighted by atomic mass is 9.99. The summed E-state index contributed by atoms with van der Waals surface area (Å²) in [6.45, 7) is 0.818. The predicted molar refractivity (Wildman–Crippen MR) is 87.5 cm³/mol. The van der Waals surface area contributed by atoms with E-state index in [1.54, 1.807) is 29.2 Å². The Bertz CT molecular complexity index is 896. The summed E-state index contributed by atoms with van der Waals surface area (Å²) in [4.78, 5) is 14.3. The topological polar surface area (TPSA) is 66.5 Å². The molecule has 0 radical (unpaired) electrons. The molecule has 5 nitrogen and oxygen atoms in total. The summed E-state index contributed by atoms with van der Waals surface area (Å²) in [5, 5.41) is 0. The first-order valence-corrected chi connectivity index (χ1v) is 8.99. The van der Waals surface area contributed by atoms with Crippen molar-refractivity contribution in [2.75, 3.05) is 13.6 Å². The van der Waals surface area contributed by atoms with Crippen molar-refractivity contribution in [2.45, 2.75) is 17.9 Å². The van der Waals surface area contributed by atoms with E-state index in [0.29, 0.717) is 19.5 Å². The van der Waals surface area contributed by atoms with Crippen molar-refractivity contribution in [3.63, 3.8) is 0 Å². The molecule has 2 aromatic rings. The number of carbonyl (C=O) groups is 1. The standard InChI is InChI=1S/C17H17FN2O3S/c1-19-24(22,23)16-6-5-12-7-8-20(11-14(12)10-16)17(21)13-3-2-4-15(18)9-13/h2-6,9-10,19H,7-8,11H2,1H3. The summed E-state index contributed by atoms with van der Waals surface area (Å²) in [6, 6.07) is 10.5. The van der Waals surface area contributed by atoms with Crippen LogP contribution in [0, 0.1) is 5.82 Å². The molecule has 24 heavy (non-hydrogen) atoms. The second-order valence-corrected chi connectivity index (χ2v) is 7.51. The fourth-order valence-corrected chi connectivity index (χ4v) is 3.58. The number of nitrogens with zero attached hydrogens (tertiary/aromatic N) is 1. The highest BCUT2D eigenvalue weighted by Gasteiger charge is 2.23. The first-order valence-electron chi connectivity index (χ1n) is 7.51. The fraction of sp³-hybridized carbons (Fsp3) is 0.235. The van der Waals surface area contributed by atoms with Gasteiger partial charge < -0.3 is 4.90 Å². The van der Waals surface area contributed by atoms with Gasteiger partial charge in [-0.2, -0.15) is 0 Å². The van der Waals surface area contributed by atoms with E-state index in [0.717, 1.165) is 11.1 Å². The van der Waals surface area contributed by atoms with E-state index in [4.69, 9.17) is 0 Å². The van der Waals surface area contributed by atoms with Gasteiger partial charge in [0.25, 0.3) is 5.91 Å². The average molecular weight is 348 g/mol. The molecule has 0 aromatic heterocycles. The Balaban J connectivity index is 1.88. The van der Waals surface area contributed by atoms with Gasteiger partial charge >= 0.3 is 0 Å². The van der Waals surface area contributed by atoms with Gasteiger partial charge in [0.15, 0.2) is 0 Å². The van der Waals surface area contributed by atoms with Gasteiger partial charge in [0.2, 0.25) is 10.0 Å². The van der Waals surface area contributed by atoms with E-state index in [-0.39, 0.29) is 16.4 Å². The van der Waals surface area contributed by atoms with E-state index in [1.807, 2.05) is 0 Å². The van der Waals surface area contributed by atoms with Crippen molar-refractivity contribution in [3.05, 3.63) is 65.0 Å². The first-order chi connectivity index (χ1) is 11.4. The number of fused-ring (bicyclic) bond motifs is 1. The van der Waals surface area contributed by atoms with Crippen LogP contribution in [0.2, 0.25) is 0 Å². The van der Waals surface area contributed by atoms with Gasteiger partial charge in [0.05, 0.1) is 4.90 Å². The molecule has 0 aliphatic carbocycles. The van der Waals surface area contributed by atoms with E-state index < -0.39 is 15.8 Å². The number of sulfonamides is 1. The van der Waals surface area contributed by atoms with E-state index in [2.05, 4.69) is 4.72 Å². The summed E-state index contributed by atoms with van der Waals surface area (Å²) in [5.41, 5.74) is 2.10. The fourth-order valence-electron chi connectivity index (χ4n) is 2.80. The van der Waals surface area contributed by atoms with Crippen LogP contribution >= 0.6 is 0 Å². The Kier molecular flexibility index (Phi) is 4.38. The van der Waals surface area contributed by atoms with Crippen molar-refractivity contribution >= 4 is 15.9 Å². The molecule has 3 rings (SSSR count). The molecule has 0 saturated heterocycles. The van der Waals surface area contributed by atoms with E-state index in [9.17, 15) is 17.6 Å². The van der Waals surface area contributed by atoms with E-state index in [1.165, 1.54) is 25.2 Å². The first kappa shape index (κ1) is 16.6. The molecule has 1 N–H and O–H groups in total. The summed E-state index contributed by atoms with van der Waals surface area (Å²) >= 11 is 0. The Hall–Kier alpha value is -2.25. The minimum Gasteiger partial charge on any atom is -0.334 e. The molecule has 1 heterocycles. The van der Waals surface area contributed by atoms with Crippen LogP contribution in [0.3, 0.4) is 0 Å². The van der Waals surface area contributed by atoms with Crippen molar-refractivity contribution in [1.82, 2.24) is 9.62 Å². The van der Waals surface area contributed by atoms with Crippen LogP contribution in [0.25, 0.3) is 0 Å². The van der Waals surface area contributed by atoms with Gasteiger partial charge in [-0.1, -0.05) is 12.1 Å². The Morgan fingerprint density at radius 1 is 1.17 bits per heavy atom. The van der Waals surface area contributed by atoms with Gasteiger partial charge in [0, 0.05) is 18.7 Å². The van der Waals surface area contributed by atoms with Crippen LogP contribution in [-0.2, 0) is 23.0 Å². The molecule has 1 aliphatic heterocycles. The van der Waals surface area contributed by atoms with Gasteiger partial charge in [-0.25, -0.2) is 17.5 Å². The minimum atomic E-state index is -3.53. The molecule has 0 saturated carbocycles. The summed E-state index contributed by atoms with van der Waals surface area (Å²) < 4.78 is 39.4. The number of hydrogen-bond acceptors (Lipinski definition) is 3. The maximum atomic E-state index is 13.3. The largest absolute Gasteiger partial charge is 0.334 e. The molecule has 0 unspecified atom stereocenters. The van der Waals surface area contributed by atoms with Crippen molar-refractivity contribution in [3.8, 4) is 0 Å². The lowest BCUT2D eigenvalue weighted by molar-refractivity contribution is 0.0734. The maximum Gasteiger partial charge on any atom is 0.254 e. The minimum absolute atomic E-state index is 0.170. The predicted octanol–water partition coefficient (Wildman–Crippen LogP) is 1.93. The number of amides is 1. The van der Waals surface area contributed by atoms with Crippen LogP contribution in [-0.4, -0.2) is 32.8 Å². The Morgan fingerprint density at radius 3 is 2.67 bits per heavy atom. The van der Waals surface area contributed by atoms with Gasteiger partial charge in [0.1, 0.15) is 5.82 Å². The molecule has 0 atom stereocenters. The Labute approximate surface area is 140 Å². The number of carbonyl (C=O) groups excluding carboxylic acids is 1. The molecule has 2 aromatic carbocycles. The quantitative estimate of drug-likeness (QED) is 0.922. The number of nitrogens with one attached hydrogen (secondary N) is 1. The van der Waals surface area contributed by atoms with Crippen molar-refractivity contribution in [2.24, 2.45) is 0 Å². The third-order valence-corrected chi connectivity index (χ3v) is 5.54. The zero-order valence-corrected chi connectivity index (χ0v) is 13.9. The number of benzene rings is 2. The van der Waals surface area contributed by atoms with Crippen molar-refractivity contribution < 1.29 is 17.6 Å². The zero-order chi connectivity index (χ0) is 17.3. The molecule has 0 fully saturated rings. The lowest BCUT2D eigenvalue weighted by Gasteiger charge is -2.29. The highest BCUT2D eigenvalue weighted by molar-refractivity contribution is 7.89. The molecular formula is C17H17FN2O3S. The highest BCUT2D eigenvalue weighted by Crippen LogP contribution is 2.23. The van der Waals surface area contributed by atoms with E-state index >= 15 is 0 Å². The van der Waals surface area contributed by atoms with Crippen LogP contribution in [0.15, 0.2) is 47.4 Å². The molecule has 7 heteroatoms. The van der Waals surface area contributed by atoms with Crippen LogP contribution in [0.5, 0.6) is 0 Å². The van der Waals surface area contributed by atoms with Gasteiger partial charge in [-0.05, 0) is 54.9 Å². The molecule has 1 aliphatic rings. The second kappa shape index (κ2) is 6.33. The van der Waals surface area contributed by atoms with Crippen molar-refractivity contribution in [1.29, 1.82) is 0 Å². The van der Waals surface area contributed by atoms with Gasteiger partial charge in [-0.15, -0.1) is 0 Å². The third-order valence-electron chi connectivity index (χ3n) is 4.13. The lowest BCUT2D eigenvalue weighted by Crippen LogP contribution is -2.36. The summed E-state index contributed by atoms with van der Waals surface area (Å²) in [5.74, 6) is -0.720. The second-order valence-electron chi connectivity index (χ2n) is 5.63. The molecule has 0 bridgehead atoms. The third kappa shape index (κ3) is 3.18.